The Balaban J connectivity index is 0.000000421. The lowest BCUT2D eigenvalue weighted by molar-refractivity contribution is 0.101. The molecule has 5 rings (SSSR count). The standard InChI is InChI=1S/C24H24N4O.C6H12/c1-14(2)24(15(3)25-5)18-10-20-19(6-7-22(20)26-12-18)17-8-9-28-23(11-17)21(13-27-28)16(4)29;1-2-4-6-5-3-1/h6,8-13,25H,1,7H2,2-5H3;1-6H2/b24-15+;. The maximum absolute atomic E-state index is 11.9. The first-order valence-corrected chi connectivity index (χ1v) is 12.6. The van der Waals surface area contributed by atoms with Crippen molar-refractivity contribution in [1.29, 1.82) is 0 Å². The molecule has 0 atom stereocenters. The molecule has 3 aromatic heterocycles. The molecule has 2 aliphatic rings. The Labute approximate surface area is 208 Å². The van der Waals surface area contributed by atoms with Gasteiger partial charge in [-0.1, -0.05) is 51.2 Å². The van der Waals surface area contributed by atoms with Crippen molar-refractivity contribution in [3.05, 3.63) is 88.7 Å². The van der Waals surface area contributed by atoms with Crippen LogP contribution in [0.5, 0.6) is 0 Å². The minimum absolute atomic E-state index is 0.0145. The molecule has 0 aliphatic heterocycles. The average Bonchev–Trinajstić information content (AvgIpc) is 3.49. The fourth-order valence-corrected chi connectivity index (χ4v) is 5.00. The number of ketones is 1. The van der Waals surface area contributed by atoms with Crippen molar-refractivity contribution in [2.75, 3.05) is 7.05 Å². The Morgan fingerprint density at radius 1 is 1.03 bits per heavy atom. The molecule has 0 unspecified atom stereocenters. The highest BCUT2D eigenvalue weighted by Gasteiger charge is 2.20. The van der Waals surface area contributed by atoms with Gasteiger partial charge in [0.25, 0.3) is 0 Å². The number of nitrogens with zero attached hydrogens (tertiary/aromatic N) is 3. The van der Waals surface area contributed by atoms with Crippen LogP contribution in [0.2, 0.25) is 0 Å². The van der Waals surface area contributed by atoms with Gasteiger partial charge in [-0.3, -0.25) is 9.78 Å². The van der Waals surface area contributed by atoms with E-state index in [9.17, 15) is 4.79 Å². The number of aromatic nitrogens is 3. The molecule has 5 nitrogen and oxygen atoms in total. The van der Waals surface area contributed by atoms with Crippen molar-refractivity contribution < 1.29 is 4.79 Å². The molecule has 3 aromatic rings. The lowest BCUT2D eigenvalue weighted by atomic mass is 9.94. The summed E-state index contributed by atoms with van der Waals surface area (Å²) in [6, 6.07) is 6.26. The normalized spacial score (nSPS) is 15.5. The summed E-state index contributed by atoms with van der Waals surface area (Å²) in [4.78, 5) is 16.7. The van der Waals surface area contributed by atoms with Crippen LogP contribution in [0.4, 0.5) is 0 Å². The number of hydrogen-bond acceptors (Lipinski definition) is 4. The summed E-state index contributed by atoms with van der Waals surface area (Å²) in [7, 11) is 1.91. The zero-order chi connectivity index (χ0) is 24.9. The van der Waals surface area contributed by atoms with Crippen LogP contribution < -0.4 is 5.32 Å². The first-order valence-electron chi connectivity index (χ1n) is 12.6. The molecule has 182 valence electrons. The summed E-state index contributed by atoms with van der Waals surface area (Å²) in [5, 5.41) is 7.50. The van der Waals surface area contributed by atoms with Gasteiger partial charge in [-0.15, -0.1) is 0 Å². The highest BCUT2D eigenvalue weighted by atomic mass is 16.1. The molecular weight excluding hydrogens is 432 g/mol. The van der Waals surface area contributed by atoms with Crippen LogP contribution in [0, 0.1) is 0 Å². The highest BCUT2D eigenvalue weighted by Crippen LogP contribution is 2.35. The predicted octanol–water partition coefficient (Wildman–Crippen LogP) is 6.79. The number of fused-ring (bicyclic) bond motifs is 2. The first-order chi connectivity index (χ1) is 16.9. The van der Waals surface area contributed by atoms with Crippen LogP contribution in [-0.4, -0.2) is 27.4 Å². The van der Waals surface area contributed by atoms with E-state index in [0.717, 1.165) is 56.7 Å². The smallest absolute Gasteiger partial charge is 0.163 e. The van der Waals surface area contributed by atoms with Gasteiger partial charge in [0, 0.05) is 48.3 Å². The monoisotopic (exact) mass is 468 g/mol. The van der Waals surface area contributed by atoms with Gasteiger partial charge in [0.15, 0.2) is 5.78 Å². The van der Waals surface area contributed by atoms with Crippen LogP contribution in [0.1, 0.15) is 92.0 Å². The molecule has 5 heteroatoms. The van der Waals surface area contributed by atoms with Gasteiger partial charge in [-0.2, -0.15) is 5.10 Å². The van der Waals surface area contributed by atoms with E-state index < -0.39 is 0 Å². The third-order valence-corrected chi connectivity index (χ3v) is 6.94. The summed E-state index contributed by atoms with van der Waals surface area (Å²) < 4.78 is 1.74. The second kappa shape index (κ2) is 10.9. The Morgan fingerprint density at radius 3 is 2.31 bits per heavy atom. The maximum Gasteiger partial charge on any atom is 0.163 e. The van der Waals surface area contributed by atoms with Crippen LogP contribution in [0.3, 0.4) is 0 Å². The number of Topliss-reactive ketones (excluding diaryl/α,β-unsaturated/α-hetero) is 1. The van der Waals surface area contributed by atoms with Gasteiger partial charge in [0.1, 0.15) is 0 Å². The van der Waals surface area contributed by atoms with E-state index in [1.807, 2.05) is 45.4 Å². The van der Waals surface area contributed by atoms with Crippen molar-refractivity contribution >= 4 is 22.4 Å². The van der Waals surface area contributed by atoms with E-state index in [2.05, 4.69) is 29.1 Å². The van der Waals surface area contributed by atoms with Crippen molar-refractivity contribution in [1.82, 2.24) is 19.9 Å². The first kappa shape index (κ1) is 24.6. The molecule has 35 heavy (non-hydrogen) atoms. The van der Waals surface area contributed by atoms with Crippen LogP contribution in [0.15, 0.2) is 60.7 Å². The maximum atomic E-state index is 11.9. The van der Waals surface area contributed by atoms with E-state index in [1.54, 1.807) is 17.6 Å². The minimum Gasteiger partial charge on any atom is -0.391 e. The fraction of sp³-hybridized carbons (Fsp3) is 0.367. The molecule has 3 heterocycles. The molecule has 0 amide bonds. The average molecular weight is 469 g/mol. The number of pyridine rings is 2. The van der Waals surface area contributed by atoms with Crippen molar-refractivity contribution in [2.24, 2.45) is 0 Å². The Bertz CT molecular complexity index is 1310. The fourth-order valence-electron chi connectivity index (χ4n) is 5.00. The summed E-state index contributed by atoms with van der Waals surface area (Å²) >= 11 is 0. The molecule has 2 aliphatic carbocycles. The SMILES string of the molecule is C1CCCCC1.C=C(C)/C(=C(/C)NC)c1cnc2c(c1)C(c1ccn3ncc(C(C)=O)c3c1)=CC2. The molecular formula is C30H36N4O. The van der Waals surface area contributed by atoms with Gasteiger partial charge < -0.3 is 5.32 Å². The van der Waals surface area contributed by atoms with E-state index >= 15 is 0 Å². The summed E-state index contributed by atoms with van der Waals surface area (Å²) in [6.45, 7) is 9.77. The second-order valence-corrected chi connectivity index (χ2v) is 9.55. The van der Waals surface area contributed by atoms with Gasteiger partial charge >= 0.3 is 0 Å². The molecule has 0 aromatic carbocycles. The summed E-state index contributed by atoms with van der Waals surface area (Å²) in [5.74, 6) is 0.0145. The lowest BCUT2D eigenvalue weighted by Crippen LogP contribution is -2.07. The number of rotatable bonds is 5. The second-order valence-electron chi connectivity index (χ2n) is 9.55. The van der Waals surface area contributed by atoms with E-state index in [0.29, 0.717) is 5.56 Å². The van der Waals surface area contributed by atoms with E-state index in [1.165, 1.54) is 38.5 Å². The molecule has 0 bridgehead atoms. The quantitative estimate of drug-likeness (QED) is 0.331. The van der Waals surface area contributed by atoms with Gasteiger partial charge in [-0.25, -0.2) is 4.52 Å². The zero-order valence-electron chi connectivity index (χ0n) is 21.4. The van der Waals surface area contributed by atoms with Gasteiger partial charge in [0.2, 0.25) is 0 Å². The molecule has 1 fully saturated rings. The number of allylic oxidation sites excluding steroid dienone is 4. The van der Waals surface area contributed by atoms with Gasteiger partial charge in [0.05, 0.1) is 23.0 Å². The molecule has 1 N–H and O–H groups in total. The zero-order valence-corrected chi connectivity index (χ0v) is 21.4. The Morgan fingerprint density at radius 2 is 1.71 bits per heavy atom. The summed E-state index contributed by atoms with van der Waals surface area (Å²) in [6.07, 6.45) is 17.5. The Hall–Kier alpha value is -3.47. The highest BCUT2D eigenvalue weighted by molar-refractivity contribution is 6.01. The van der Waals surface area contributed by atoms with Crippen LogP contribution in [0.25, 0.3) is 16.7 Å². The van der Waals surface area contributed by atoms with E-state index in [4.69, 9.17) is 4.98 Å². The van der Waals surface area contributed by atoms with Crippen molar-refractivity contribution in [2.45, 2.75) is 65.7 Å². The number of nitrogens with one attached hydrogen (secondary N) is 1. The van der Waals surface area contributed by atoms with Gasteiger partial charge in [-0.05, 0) is 55.7 Å². The third kappa shape index (κ3) is 5.29. The molecule has 0 spiro atoms. The topological polar surface area (TPSA) is 59.3 Å². The predicted molar refractivity (Wildman–Crippen MR) is 144 cm³/mol. The molecule has 0 radical (unpaired) electrons. The number of carbonyl (C=O) groups excluding carboxylic acids is 1. The minimum atomic E-state index is 0.0145. The van der Waals surface area contributed by atoms with Crippen molar-refractivity contribution in [3.63, 3.8) is 0 Å². The largest absolute Gasteiger partial charge is 0.391 e. The lowest BCUT2D eigenvalue weighted by Gasteiger charge is -2.15. The van der Waals surface area contributed by atoms with Crippen molar-refractivity contribution in [3.8, 4) is 0 Å². The summed E-state index contributed by atoms with van der Waals surface area (Å²) in [5.41, 5.74) is 10.0. The molecule has 0 saturated heterocycles. The third-order valence-electron chi connectivity index (χ3n) is 6.94. The number of hydrogen-bond donors (Lipinski definition) is 1. The number of carbonyl (C=O) groups is 1. The van der Waals surface area contributed by atoms with E-state index in [-0.39, 0.29) is 5.78 Å². The molecule has 1 saturated carbocycles. The van der Waals surface area contributed by atoms with Crippen LogP contribution in [-0.2, 0) is 6.42 Å². The van der Waals surface area contributed by atoms with Crippen LogP contribution >= 0.6 is 0 Å². The Kier molecular flexibility index (Phi) is 7.64.